The highest BCUT2D eigenvalue weighted by atomic mass is 16.2. The first-order valence-electron chi connectivity index (χ1n) is 7.47. The first-order chi connectivity index (χ1) is 10.1. The smallest absolute Gasteiger partial charge is 0.253 e. The quantitative estimate of drug-likeness (QED) is 0.585. The highest BCUT2D eigenvalue weighted by Crippen LogP contribution is 1.72. The Hall–Kier alpha value is -2.04. The molecule has 0 saturated carbocycles. The fourth-order valence-corrected chi connectivity index (χ4v) is 1.82. The first kappa shape index (κ1) is 19.0. The van der Waals surface area contributed by atoms with Crippen molar-refractivity contribution in [2.24, 2.45) is 5.10 Å². The molecule has 0 aromatic heterocycles. The normalized spacial score (nSPS) is 13.1. The fourth-order valence-electron chi connectivity index (χ4n) is 1.82. The van der Waals surface area contributed by atoms with E-state index in [1.807, 2.05) is 40.7 Å². The van der Waals surface area contributed by atoms with Crippen LogP contribution in [0.2, 0.25) is 0 Å². The van der Waals surface area contributed by atoms with E-state index < -0.39 is 10.9 Å². The molecule has 1 rings (SSSR count). The molecule has 0 atom stereocenters. The van der Waals surface area contributed by atoms with Gasteiger partial charge in [0.15, 0.2) is 0 Å². The Morgan fingerprint density at radius 1 is 1.00 bits per heavy atom. The summed E-state index contributed by atoms with van der Waals surface area (Å²) in [6.07, 6.45) is 4.90. The predicted molar refractivity (Wildman–Crippen MR) is 86.6 cm³/mol. The minimum absolute atomic E-state index is 0.257. The topological polar surface area (TPSA) is 82.4 Å². The highest BCUT2D eigenvalue weighted by molar-refractivity contribution is 5.31. The molecule has 0 saturated heterocycles. The summed E-state index contributed by atoms with van der Waals surface area (Å²) in [5, 5.41) is 12.7. The summed E-state index contributed by atoms with van der Waals surface area (Å²) >= 11 is 0. The molecule has 0 spiro atoms. The Labute approximate surface area is 124 Å². The van der Waals surface area contributed by atoms with Gasteiger partial charge in [0.2, 0.25) is 5.43 Å². The standard InChI is InChI=1S/C14H19N3O2.C2H6/c1-4-7-9-10(8-5-2)13(18)14(19)11(15)12(9)17-16-6-3;1-2/h7-8,15-16H,4-6H2,1-3H3;1-2H3/b9-7+,10-8+,15-11?,17-12-;. The van der Waals surface area contributed by atoms with Crippen molar-refractivity contribution >= 4 is 12.2 Å². The molecule has 5 nitrogen and oxygen atoms in total. The lowest BCUT2D eigenvalue weighted by Crippen LogP contribution is -2.65. The Kier molecular flexibility index (Phi) is 8.85. The minimum atomic E-state index is -0.787. The summed E-state index contributed by atoms with van der Waals surface area (Å²) in [5.41, 5.74) is 1.35. The molecule has 0 fully saturated rings. The van der Waals surface area contributed by atoms with Crippen LogP contribution in [0.25, 0.3) is 12.2 Å². The molecular formula is C16H25N3O2. The second kappa shape index (κ2) is 9.80. The number of hydrogen-bond donors (Lipinski definition) is 2. The maximum atomic E-state index is 12.0. The highest BCUT2D eigenvalue weighted by Gasteiger charge is 2.05. The lowest BCUT2D eigenvalue weighted by atomic mass is 10.1. The summed E-state index contributed by atoms with van der Waals surface area (Å²) in [6, 6.07) is 0. The molecule has 1 aromatic rings. The van der Waals surface area contributed by atoms with E-state index in [4.69, 9.17) is 5.41 Å². The number of rotatable bonds is 4. The van der Waals surface area contributed by atoms with Crippen molar-refractivity contribution in [3.8, 4) is 0 Å². The summed E-state index contributed by atoms with van der Waals surface area (Å²) in [4.78, 5) is 23.7. The van der Waals surface area contributed by atoms with E-state index in [2.05, 4.69) is 10.5 Å². The van der Waals surface area contributed by atoms with Gasteiger partial charge in [-0.15, -0.1) is 0 Å². The SMILES string of the molecule is CC.CC/C=c1/c(=O)c(=O)c(=N)c(=N\NCC)/c1=C/CC. The molecule has 0 radical (unpaired) electrons. The van der Waals surface area contributed by atoms with Crippen molar-refractivity contribution in [2.45, 2.75) is 47.5 Å². The Bertz CT molecular complexity index is 770. The van der Waals surface area contributed by atoms with Crippen molar-refractivity contribution < 1.29 is 0 Å². The number of benzene rings is 1. The van der Waals surface area contributed by atoms with Gasteiger partial charge in [0.05, 0.1) is 0 Å². The van der Waals surface area contributed by atoms with Crippen molar-refractivity contribution in [2.75, 3.05) is 6.54 Å². The molecule has 116 valence electrons. The van der Waals surface area contributed by atoms with E-state index >= 15 is 0 Å². The molecule has 0 aliphatic heterocycles. The van der Waals surface area contributed by atoms with Crippen molar-refractivity contribution in [1.82, 2.24) is 5.43 Å². The zero-order valence-corrected chi connectivity index (χ0v) is 13.5. The van der Waals surface area contributed by atoms with Gasteiger partial charge < -0.3 is 5.43 Å². The first-order valence-corrected chi connectivity index (χ1v) is 7.47. The predicted octanol–water partition coefficient (Wildman–Crippen LogP) is -0.406. The van der Waals surface area contributed by atoms with Gasteiger partial charge in [0, 0.05) is 17.0 Å². The molecule has 0 heterocycles. The van der Waals surface area contributed by atoms with Crippen molar-refractivity contribution in [3.63, 3.8) is 0 Å². The minimum Gasteiger partial charge on any atom is -0.310 e. The zero-order chi connectivity index (χ0) is 16.4. The molecule has 0 aliphatic rings. The summed E-state index contributed by atoms with van der Waals surface area (Å²) in [5.74, 6) is 0. The molecule has 2 N–H and O–H groups in total. The van der Waals surface area contributed by atoms with E-state index in [1.54, 1.807) is 6.08 Å². The third kappa shape index (κ3) is 4.48. The lowest BCUT2D eigenvalue weighted by molar-refractivity contribution is 0.746. The lowest BCUT2D eigenvalue weighted by Gasteiger charge is -1.95. The second-order valence-electron chi connectivity index (χ2n) is 4.06. The number of nitrogens with zero attached hydrogens (tertiary/aromatic N) is 1. The summed E-state index contributed by atoms with van der Waals surface area (Å²) in [7, 11) is 0. The molecule has 0 amide bonds. The number of hydrogen-bond acceptors (Lipinski definition) is 5. The van der Waals surface area contributed by atoms with Crippen molar-refractivity contribution in [1.29, 1.82) is 5.41 Å². The summed E-state index contributed by atoms with van der Waals surface area (Å²) < 4.78 is 0. The van der Waals surface area contributed by atoms with Gasteiger partial charge in [-0.25, -0.2) is 0 Å². The van der Waals surface area contributed by atoms with Crippen LogP contribution in [0.3, 0.4) is 0 Å². The van der Waals surface area contributed by atoms with E-state index in [0.29, 0.717) is 29.8 Å². The Morgan fingerprint density at radius 3 is 2.00 bits per heavy atom. The van der Waals surface area contributed by atoms with E-state index in [1.165, 1.54) is 0 Å². The molecule has 0 bridgehead atoms. The van der Waals surface area contributed by atoms with Gasteiger partial charge in [-0.2, -0.15) is 5.10 Å². The van der Waals surface area contributed by atoms with Gasteiger partial charge in [-0.1, -0.05) is 39.8 Å². The maximum Gasteiger partial charge on any atom is 0.253 e. The van der Waals surface area contributed by atoms with Crippen LogP contribution in [0, 0.1) is 5.41 Å². The molecular weight excluding hydrogens is 266 g/mol. The molecule has 21 heavy (non-hydrogen) atoms. The zero-order valence-electron chi connectivity index (χ0n) is 13.5. The Morgan fingerprint density at radius 2 is 1.52 bits per heavy atom. The Balaban J connectivity index is 0.00000191. The number of nitrogens with one attached hydrogen (secondary N) is 2. The fraction of sp³-hybridized carbons (Fsp3) is 0.500. The van der Waals surface area contributed by atoms with E-state index in [9.17, 15) is 9.59 Å². The van der Waals surface area contributed by atoms with Gasteiger partial charge in [-0.3, -0.25) is 15.0 Å². The van der Waals surface area contributed by atoms with Crippen LogP contribution in [0.4, 0.5) is 0 Å². The molecule has 0 unspecified atom stereocenters. The van der Waals surface area contributed by atoms with Crippen LogP contribution < -0.4 is 37.4 Å². The monoisotopic (exact) mass is 291 g/mol. The van der Waals surface area contributed by atoms with Crippen LogP contribution in [0.15, 0.2) is 14.7 Å². The van der Waals surface area contributed by atoms with Crippen LogP contribution in [-0.4, -0.2) is 6.54 Å². The van der Waals surface area contributed by atoms with Crippen LogP contribution >= 0.6 is 0 Å². The van der Waals surface area contributed by atoms with Crippen molar-refractivity contribution in [3.05, 3.63) is 41.6 Å². The average Bonchev–Trinajstić information content (AvgIpc) is 2.51. The van der Waals surface area contributed by atoms with E-state index in [-0.39, 0.29) is 10.7 Å². The molecule has 0 aliphatic carbocycles. The second-order valence-corrected chi connectivity index (χ2v) is 4.06. The van der Waals surface area contributed by atoms with Gasteiger partial charge in [0.1, 0.15) is 10.7 Å². The molecule has 5 heteroatoms. The van der Waals surface area contributed by atoms with Crippen LogP contribution in [0.1, 0.15) is 47.5 Å². The third-order valence-electron chi connectivity index (χ3n) is 2.63. The van der Waals surface area contributed by atoms with Crippen LogP contribution in [-0.2, 0) is 0 Å². The van der Waals surface area contributed by atoms with Crippen LogP contribution in [0.5, 0.6) is 0 Å². The van der Waals surface area contributed by atoms with Gasteiger partial charge in [0.25, 0.3) is 5.43 Å². The maximum absolute atomic E-state index is 12.0. The van der Waals surface area contributed by atoms with Gasteiger partial charge >= 0.3 is 0 Å². The molecule has 1 aromatic carbocycles. The van der Waals surface area contributed by atoms with Gasteiger partial charge in [-0.05, 0) is 19.8 Å². The van der Waals surface area contributed by atoms with E-state index in [0.717, 1.165) is 0 Å². The average molecular weight is 291 g/mol. The summed E-state index contributed by atoms with van der Waals surface area (Å²) in [6.45, 7) is 10.3. The third-order valence-corrected chi connectivity index (χ3v) is 2.63. The largest absolute Gasteiger partial charge is 0.310 e.